The van der Waals surface area contributed by atoms with Gasteiger partial charge in [-0.25, -0.2) is 0 Å². The molecular formula is C11H22ClN. The van der Waals surface area contributed by atoms with Crippen LogP contribution in [0.5, 0.6) is 0 Å². The number of hydrogen-bond acceptors (Lipinski definition) is 1. The number of alkyl halides is 1. The predicted octanol–water partition coefficient (Wildman–Crippen LogP) is 3.17. The van der Waals surface area contributed by atoms with Crippen LogP contribution < -0.4 is 5.32 Å². The molecule has 0 bridgehead atoms. The Bertz CT molecular complexity index is 139. The Morgan fingerprint density at radius 2 is 1.92 bits per heavy atom. The summed E-state index contributed by atoms with van der Waals surface area (Å²) in [5.41, 5.74) is 0.288. The third-order valence-electron chi connectivity index (χ3n) is 3.04. The average Bonchev–Trinajstić information content (AvgIpc) is 2.53. The van der Waals surface area contributed by atoms with Gasteiger partial charge >= 0.3 is 0 Å². The Morgan fingerprint density at radius 3 is 2.38 bits per heavy atom. The number of halogens is 1. The van der Waals surface area contributed by atoms with E-state index < -0.39 is 0 Å². The normalized spacial score (nSPS) is 21.2. The van der Waals surface area contributed by atoms with Crippen LogP contribution in [0.2, 0.25) is 0 Å². The second-order valence-corrected chi connectivity index (χ2v) is 5.00. The Kier molecular flexibility index (Phi) is 4.54. The first-order chi connectivity index (χ1) is 6.18. The highest BCUT2D eigenvalue weighted by atomic mass is 35.5. The summed E-state index contributed by atoms with van der Waals surface area (Å²) in [6.45, 7) is 5.66. The first-order valence-corrected chi connectivity index (χ1v) is 6.03. The quantitative estimate of drug-likeness (QED) is 0.677. The van der Waals surface area contributed by atoms with E-state index in [1.165, 1.54) is 32.1 Å². The average molecular weight is 204 g/mol. The molecule has 0 heterocycles. The Balaban J connectivity index is 2.23. The van der Waals surface area contributed by atoms with Crippen molar-refractivity contribution in [1.82, 2.24) is 5.32 Å². The van der Waals surface area contributed by atoms with Crippen molar-refractivity contribution in [3.63, 3.8) is 0 Å². The molecule has 0 atom stereocenters. The molecule has 0 aromatic carbocycles. The maximum Gasteiger partial charge on any atom is 0.0406 e. The van der Waals surface area contributed by atoms with Crippen LogP contribution in [-0.4, -0.2) is 18.0 Å². The summed E-state index contributed by atoms with van der Waals surface area (Å²) in [4.78, 5) is 0. The Hall–Kier alpha value is 0.250. The minimum Gasteiger partial charge on any atom is -0.310 e. The lowest BCUT2D eigenvalue weighted by molar-refractivity contribution is 0.356. The van der Waals surface area contributed by atoms with Crippen molar-refractivity contribution in [3.8, 4) is 0 Å². The number of nitrogens with one attached hydrogen (secondary N) is 1. The van der Waals surface area contributed by atoms with Crippen molar-refractivity contribution >= 4 is 11.6 Å². The molecule has 1 nitrogen and oxygen atoms in total. The van der Waals surface area contributed by atoms with Gasteiger partial charge in [-0.2, -0.15) is 0 Å². The summed E-state index contributed by atoms with van der Waals surface area (Å²) in [5.74, 6) is 1.58. The maximum absolute atomic E-state index is 6.02. The highest BCUT2D eigenvalue weighted by Gasteiger charge is 2.31. The lowest BCUT2D eigenvalue weighted by Gasteiger charge is -2.28. The van der Waals surface area contributed by atoms with Crippen LogP contribution in [0.3, 0.4) is 0 Å². The molecule has 1 aliphatic carbocycles. The Labute approximate surface area is 87.2 Å². The maximum atomic E-state index is 6.02. The SMILES string of the molecule is CC(C)CCNC1(CCl)CCCC1. The summed E-state index contributed by atoms with van der Waals surface area (Å²) < 4.78 is 0. The summed E-state index contributed by atoms with van der Waals surface area (Å²) in [6, 6.07) is 0. The monoisotopic (exact) mass is 203 g/mol. The smallest absolute Gasteiger partial charge is 0.0406 e. The van der Waals surface area contributed by atoms with Gasteiger partial charge in [0.1, 0.15) is 0 Å². The van der Waals surface area contributed by atoms with Crippen molar-refractivity contribution in [2.75, 3.05) is 12.4 Å². The highest BCUT2D eigenvalue weighted by Crippen LogP contribution is 2.30. The van der Waals surface area contributed by atoms with Gasteiger partial charge in [-0.05, 0) is 31.7 Å². The zero-order valence-electron chi connectivity index (χ0n) is 8.91. The molecule has 0 saturated heterocycles. The topological polar surface area (TPSA) is 12.0 Å². The third-order valence-corrected chi connectivity index (χ3v) is 3.55. The van der Waals surface area contributed by atoms with Crippen LogP contribution in [0.25, 0.3) is 0 Å². The van der Waals surface area contributed by atoms with Gasteiger partial charge in [0.15, 0.2) is 0 Å². The molecule has 0 amide bonds. The fourth-order valence-corrected chi connectivity index (χ4v) is 2.40. The number of hydrogen-bond donors (Lipinski definition) is 1. The molecule has 0 spiro atoms. The summed E-state index contributed by atoms with van der Waals surface area (Å²) in [7, 11) is 0. The second kappa shape index (κ2) is 5.21. The van der Waals surface area contributed by atoms with E-state index in [0.29, 0.717) is 0 Å². The fourth-order valence-electron chi connectivity index (χ4n) is 2.04. The molecule has 2 heteroatoms. The summed E-state index contributed by atoms with van der Waals surface area (Å²) in [5, 5.41) is 3.64. The molecule has 0 aromatic rings. The van der Waals surface area contributed by atoms with Crippen LogP contribution in [0, 0.1) is 5.92 Å². The standard InChI is InChI=1S/C11H22ClN/c1-10(2)5-8-13-11(9-12)6-3-4-7-11/h10,13H,3-9H2,1-2H3. The molecule has 1 aliphatic rings. The van der Waals surface area contributed by atoms with E-state index in [4.69, 9.17) is 11.6 Å². The van der Waals surface area contributed by atoms with Crippen molar-refractivity contribution in [1.29, 1.82) is 0 Å². The van der Waals surface area contributed by atoms with Crippen LogP contribution in [-0.2, 0) is 0 Å². The first kappa shape index (κ1) is 11.3. The molecule has 1 saturated carbocycles. The van der Waals surface area contributed by atoms with E-state index in [1.54, 1.807) is 0 Å². The van der Waals surface area contributed by atoms with Crippen LogP contribution in [0.4, 0.5) is 0 Å². The van der Waals surface area contributed by atoms with E-state index in [0.717, 1.165) is 18.3 Å². The van der Waals surface area contributed by atoms with Crippen molar-refractivity contribution < 1.29 is 0 Å². The van der Waals surface area contributed by atoms with E-state index in [1.807, 2.05) is 0 Å². The van der Waals surface area contributed by atoms with Gasteiger partial charge in [0, 0.05) is 11.4 Å². The molecule has 13 heavy (non-hydrogen) atoms. The van der Waals surface area contributed by atoms with E-state index in [-0.39, 0.29) is 5.54 Å². The van der Waals surface area contributed by atoms with Gasteiger partial charge in [-0.3, -0.25) is 0 Å². The van der Waals surface area contributed by atoms with Gasteiger partial charge in [0.25, 0.3) is 0 Å². The van der Waals surface area contributed by atoms with Crippen molar-refractivity contribution in [3.05, 3.63) is 0 Å². The van der Waals surface area contributed by atoms with Crippen LogP contribution >= 0.6 is 11.6 Å². The van der Waals surface area contributed by atoms with Crippen molar-refractivity contribution in [2.45, 2.75) is 51.5 Å². The van der Waals surface area contributed by atoms with E-state index >= 15 is 0 Å². The summed E-state index contributed by atoms with van der Waals surface area (Å²) >= 11 is 6.02. The lowest BCUT2D eigenvalue weighted by atomic mass is 9.99. The van der Waals surface area contributed by atoms with E-state index in [2.05, 4.69) is 19.2 Å². The molecular weight excluding hydrogens is 182 g/mol. The predicted molar refractivity (Wildman–Crippen MR) is 59.4 cm³/mol. The minimum absolute atomic E-state index is 0.288. The lowest BCUT2D eigenvalue weighted by Crippen LogP contribution is -2.45. The minimum atomic E-state index is 0.288. The first-order valence-electron chi connectivity index (χ1n) is 5.49. The largest absolute Gasteiger partial charge is 0.310 e. The molecule has 0 unspecified atom stereocenters. The van der Waals surface area contributed by atoms with Crippen LogP contribution in [0.1, 0.15) is 46.0 Å². The van der Waals surface area contributed by atoms with Crippen LogP contribution in [0.15, 0.2) is 0 Å². The third kappa shape index (κ3) is 3.47. The molecule has 1 N–H and O–H groups in total. The van der Waals surface area contributed by atoms with Gasteiger partial charge in [0.2, 0.25) is 0 Å². The van der Waals surface area contributed by atoms with Gasteiger partial charge in [-0.1, -0.05) is 26.7 Å². The summed E-state index contributed by atoms with van der Waals surface area (Å²) in [6.07, 6.45) is 6.50. The van der Waals surface area contributed by atoms with Gasteiger partial charge in [0.05, 0.1) is 0 Å². The van der Waals surface area contributed by atoms with Gasteiger partial charge in [-0.15, -0.1) is 11.6 Å². The molecule has 0 aliphatic heterocycles. The molecule has 0 radical (unpaired) electrons. The van der Waals surface area contributed by atoms with E-state index in [9.17, 15) is 0 Å². The number of rotatable bonds is 5. The molecule has 78 valence electrons. The Morgan fingerprint density at radius 1 is 1.31 bits per heavy atom. The van der Waals surface area contributed by atoms with Crippen molar-refractivity contribution in [2.24, 2.45) is 5.92 Å². The molecule has 1 fully saturated rings. The second-order valence-electron chi connectivity index (χ2n) is 4.73. The zero-order valence-corrected chi connectivity index (χ0v) is 9.66. The zero-order chi connectivity index (χ0) is 9.73. The highest BCUT2D eigenvalue weighted by molar-refractivity contribution is 6.18. The molecule has 1 rings (SSSR count). The molecule has 0 aromatic heterocycles. The van der Waals surface area contributed by atoms with Gasteiger partial charge < -0.3 is 5.32 Å². The fraction of sp³-hybridized carbons (Fsp3) is 1.00.